The van der Waals surface area contributed by atoms with E-state index in [-0.39, 0.29) is 24.0 Å². The third kappa shape index (κ3) is 7.14. The molecule has 1 saturated heterocycles. The van der Waals surface area contributed by atoms with E-state index in [2.05, 4.69) is 48.1 Å². The molecule has 2 rings (SSSR count). The number of benzene rings is 1. The summed E-state index contributed by atoms with van der Waals surface area (Å²) < 4.78 is 11.1. The molecule has 0 aliphatic carbocycles. The quantitative estimate of drug-likeness (QED) is 0.339. The van der Waals surface area contributed by atoms with Gasteiger partial charge < -0.3 is 19.7 Å². The van der Waals surface area contributed by atoms with Gasteiger partial charge in [-0.05, 0) is 43.4 Å². The Morgan fingerprint density at radius 1 is 1.30 bits per heavy atom. The second kappa shape index (κ2) is 12.4. The predicted molar refractivity (Wildman–Crippen MR) is 124 cm³/mol. The molecule has 0 amide bonds. The van der Waals surface area contributed by atoms with Gasteiger partial charge in [0.05, 0.1) is 13.2 Å². The van der Waals surface area contributed by atoms with Crippen molar-refractivity contribution in [1.29, 1.82) is 0 Å². The number of nitrogens with zero attached hydrogens (tertiary/aromatic N) is 2. The largest absolute Gasteiger partial charge is 0.497 e. The van der Waals surface area contributed by atoms with Crippen molar-refractivity contribution < 1.29 is 9.47 Å². The lowest BCUT2D eigenvalue weighted by Crippen LogP contribution is -2.41. The molecule has 1 fully saturated rings. The van der Waals surface area contributed by atoms with Gasteiger partial charge in [-0.25, -0.2) is 0 Å². The molecule has 1 aromatic rings. The smallest absolute Gasteiger partial charge is 0.193 e. The fourth-order valence-electron chi connectivity index (χ4n) is 3.58. The third-order valence-electron chi connectivity index (χ3n) is 5.12. The minimum absolute atomic E-state index is 0. The van der Waals surface area contributed by atoms with Crippen LogP contribution >= 0.6 is 24.0 Å². The first-order chi connectivity index (χ1) is 12.6. The maximum absolute atomic E-state index is 5.83. The van der Waals surface area contributed by atoms with Crippen molar-refractivity contribution in [3.8, 4) is 5.75 Å². The number of aliphatic imine (C=N–C) groups is 1. The molecule has 6 heteroatoms. The summed E-state index contributed by atoms with van der Waals surface area (Å²) >= 11 is 0. The van der Waals surface area contributed by atoms with Crippen molar-refractivity contribution in [1.82, 2.24) is 10.2 Å². The van der Waals surface area contributed by atoms with Crippen LogP contribution < -0.4 is 10.1 Å². The SMILES string of the molecule is CCOC(CCNC(=NC)N1CCC(c2ccc(OC)cc2)C1)C(C)C.I. The van der Waals surface area contributed by atoms with E-state index in [1.165, 1.54) is 5.56 Å². The van der Waals surface area contributed by atoms with Gasteiger partial charge in [0, 0.05) is 39.2 Å². The van der Waals surface area contributed by atoms with Gasteiger partial charge in [-0.3, -0.25) is 4.99 Å². The summed E-state index contributed by atoms with van der Waals surface area (Å²) in [6, 6.07) is 8.45. The van der Waals surface area contributed by atoms with Gasteiger partial charge in [0.15, 0.2) is 5.96 Å². The van der Waals surface area contributed by atoms with E-state index in [1.807, 2.05) is 19.2 Å². The predicted octanol–water partition coefficient (Wildman–Crippen LogP) is 4.13. The van der Waals surface area contributed by atoms with Crippen LogP contribution in [0.2, 0.25) is 0 Å². The van der Waals surface area contributed by atoms with Gasteiger partial charge >= 0.3 is 0 Å². The van der Waals surface area contributed by atoms with Crippen molar-refractivity contribution in [2.24, 2.45) is 10.9 Å². The highest BCUT2D eigenvalue weighted by Crippen LogP contribution is 2.28. The fourth-order valence-corrected chi connectivity index (χ4v) is 3.58. The minimum atomic E-state index is 0. The maximum atomic E-state index is 5.83. The van der Waals surface area contributed by atoms with Gasteiger partial charge in [-0.1, -0.05) is 26.0 Å². The molecular weight excluding hydrogens is 453 g/mol. The van der Waals surface area contributed by atoms with Gasteiger partial charge in [0.2, 0.25) is 0 Å². The van der Waals surface area contributed by atoms with Crippen LogP contribution in [-0.2, 0) is 4.74 Å². The molecule has 0 saturated carbocycles. The van der Waals surface area contributed by atoms with Crippen LogP contribution in [0.3, 0.4) is 0 Å². The second-order valence-electron chi connectivity index (χ2n) is 7.21. The van der Waals surface area contributed by atoms with Gasteiger partial charge in [-0.15, -0.1) is 24.0 Å². The van der Waals surface area contributed by atoms with E-state index in [9.17, 15) is 0 Å². The minimum Gasteiger partial charge on any atom is -0.497 e. The monoisotopic (exact) mass is 489 g/mol. The molecule has 1 aliphatic rings. The maximum Gasteiger partial charge on any atom is 0.193 e. The lowest BCUT2D eigenvalue weighted by molar-refractivity contribution is 0.0257. The molecule has 27 heavy (non-hydrogen) atoms. The molecule has 0 aromatic heterocycles. The zero-order chi connectivity index (χ0) is 18.9. The van der Waals surface area contributed by atoms with Crippen LogP contribution in [0.25, 0.3) is 0 Å². The van der Waals surface area contributed by atoms with Crippen LogP contribution in [0, 0.1) is 5.92 Å². The van der Waals surface area contributed by atoms with E-state index in [0.717, 1.165) is 50.8 Å². The highest BCUT2D eigenvalue weighted by Gasteiger charge is 2.26. The topological polar surface area (TPSA) is 46.1 Å². The van der Waals surface area contributed by atoms with Gasteiger partial charge in [-0.2, -0.15) is 0 Å². The Hall–Kier alpha value is -1.02. The summed E-state index contributed by atoms with van der Waals surface area (Å²) in [6.07, 6.45) is 2.46. The number of guanidine groups is 1. The van der Waals surface area contributed by atoms with E-state index in [4.69, 9.17) is 9.47 Å². The zero-order valence-corrected chi connectivity index (χ0v) is 19.7. The van der Waals surface area contributed by atoms with Gasteiger partial charge in [0.25, 0.3) is 0 Å². The van der Waals surface area contributed by atoms with Crippen LogP contribution in [0.4, 0.5) is 0 Å². The summed E-state index contributed by atoms with van der Waals surface area (Å²) in [6.45, 7) is 10.2. The standard InChI is InChI=1S/C21H35N3O2.HI/c1-6-26-20(16(2)3)11-13-23-21(22-4)24-14-12-18(15-24)17-7-9-19(25-5)10-8-17;/h7-10,16,18,20H,6,11-15H2,1-5H3,(H,22,23);1H. The fraction of sp³-hybridized carbons (Fsp3) is 0.667. The lowest BCUT2D eigenvalue weighted by Gasteiger charge is -2.24. The zero-order valence-electron chi connectivity index (χ0n) is 17.4. The van der Waals surface area contributed by atoms with E-state index < -0.39 is 0 Å². The molecule has 5 nitrogen and oxygen atoms in total. The summed E-state index contributed by atoms with van der Waals surface area (Å²) in [5, 5.41) is 3.52. The normalized spacial score (nSPS) is 18.4. The molecule has 1 heterocycles. The summed E-state index contributed by atoms with van der Waals surface area (Å²) in [4.78, 5) is 6.84. The molecule has 0 radical (unpaired) electrons. The molecule has 0 spiro atoms. The van der Waals surface area contributed by atoms with E-state index in [1.54, 1.807) is 7.11 Å². The highest BCUT2D eigenvalue weighted by atomic mass is 127. The number of likely N-dealkylation sites (tertiary alicyclic amines) is 1. The Morgan fingerprint density at radius 3 is 2.56 bits per heavy atom. The molecule has 2 atom stereocenters. The van der Waals surface area contributed by atoms with Crippen LogP contribution in [0.1, 0.15) is 45.1 Å². The first-order valence-electron chi connectivity index (χ1n) is 9.80. The van der Waals surface area contributed by atoms with E-state index >= 15 is 0 Å². The lowest BCUT2D eigenvalue weighted by atomic mass is 9.98. The number of ether oxygens (including phenoxy) is 2. The molecular formula is C21H36IN3O2. The number of rotatable bonds is 8. The van der Waals surface area contributed by atoms with Gasteiger partial charge in [0.1, 0.15) is 5.75 Å². The van der Waals surface area contributed by atoms with Crippen molar-refractivity contribution in [3.63, 3.8) is 0 Å². The Kier molecular flexibility index (Phi) is 11.1. The number of hydrogen-bond donors (Lipinski definition) is 1. The molecule has 1 aromatic carbocycles. The number of nitrogens with one attached hydrogen (secondary N) is 1. The first kappa shape index (κ1) is 24.0. The molecule has 2 unspecified atom stereocenters. The van der Waals surface area contributed by atoms with Crippen LogP contribution in [-0.4, -0.2) is 57.4 Å². The van der Waals surface area contributed by atoms with Crippen molar-refractivity contribution in [2.75, 3.05) is 40.4 Å². The average molecular weight is 489 g/mol. The van der Waals surface area contributed by atoms with Crippen LogP contribution in [0.5, 0.6) is 5.75 Å². The molecule has 0 bridgehead atoms. The third-order valence-corrected chi connectivity index (χ3v) is 5.12. The Labute approximate surface area is 181 Å². The summed E-state index contributed by atoms with van der Waals surface area (Å²) in [5.41, 5.74) is 1.37. The van der Waals surface area contributed by atoms with Crippen molar-refractivity contribution in [2.45, 2.75) is 45.6 Å². The van der Waals surface area contributed by atoms with Crippen molar-refractivity contribution in [3.05, 3.63) is 29.8 Å². The number of methoxy groups -OCH3 is 1. The summed E-state index contributed by atoms with van der Waals surface area (Å²) in [7, 11) is 3.57. The van der Waals surface area contributed by atoms with E-state index in [0.29, 0.717) is 17.9 Å². The molecule has 1 N–H and O–H groups in total. The van der Waals surface area contributed by atoms with Crippen molar-refractivity contribution >= 4 is 29.9 Å². The second-order valence-corrected chi connectivity index (χ2v) is 7.21. The molecule has 1 aliphatic heterocycles. The van der Waals surface area contributed by atoms with Crippen LogP contribution in [0.15, 0.2) is 29.3 Å². The number of halogens is 1. The molecule has 154 valence electrons. The summed E-state index contributed by atoms with van der Waals surface area (Å²) in [5.74, 6) is 2.99. The first-order valence-corrected chi connectivity index (χ1v) is 9.80. The highest BCUT2D eigenvalue weighted by molar-refractivity contribution is 14.0. The Balaban J connectivity index is 0.00000364. The average Bonchev–Trinajstić information content (AvgIpc) is 3.14. The number of hydrogen-bond acceptors (Lipinski definition) is 3. The Bertz CT molecular complexity index is 563. The Morgan fingerprint density at radius 2 is 2.00 bits per heavy atom.